The lowest BCUT2D eigenvalue weighted by Gasteiger charge is -2.22. The van der Waals surface area contributed by atoms with E-state index in [4.69, 9.17) is 61.7 Å². The molecule has 1 amide bonds. The molecule has 0 saturated heterocycles. The van der Waals surface area contributed by atoms with Crippen LogP contribution in [0.3, 0.4) is 0 Å². The Morgan fingerprint density at radius 2 is 1.71 bits per heavy atom. The van der Waals surface area contributed by atoms with E-state index in [9.17, 15) is 4.79 Å². The Morgan fingerprint density at radius 3 is 2.21 bits per heavy atom. The first-order valence-electron chi connectivity index (χ1n) is 6.52. The van der Waals surface area contributed by atoms with Crippen molar-refractivity contribution in [3.63, 3.8) is 0 Å². The molecule has 0 saturated carbocycles. The van der Waals surface area contributed by atoms with Crippen LogP contribution in [0.2, 0.25) is 20.1 Å². The second kappa shape index (κ2) is 8.14. The fourth-order valence-electron chi connectivity index (χ4n) is 2.06. The Bertz CT molecular complexity index is 747. The maximum Gasteiger partial charge on any atom is 0.422 e. The van der Waals surface area contributed by atoms with Crippen LogP contribution in [0.4, 0.5) is 4.79 Å². The van der Waals surface area contributed by atoms with E-state index in [-0.39, 0.29) is 15.1 Å². The third kappa shape index (κ3) is 4.18. The van der Waals surface area contributed by atoms with Crippen molar-refractivity contribution in [2.75, 3.05) is 7.11 Å². The Morgan fingerprint density at radius 1 is 1.08 bits per heavy atom. The van der Waals surface area contributed by atoms with Crippen molar-refractivity contribution in [1.29, 1.82) is 0 Å². The minimum Gasteiger partial charge on any atom is -0.497 e. The normalized spacial score (nSPS) is 11.8. The molecule has 1 atom stereocenters. The first-order valence-corrected chi connectivity index (χ1v) is 8.03. The lowest BCUT2D eigenvalue weighted by atomic mass is 10.0. The summed E-state index contributed by atoms with van der Waals surface area (Å²) >= 11 is 24.7. The van der Waals surface area contributed by atoms with Crippen molar-refractivity contribution in [3.05, 3.63) is 61.5 Å². The zero-order valence-corrected chi connectivity index (χ0v) is 15.3. The van der Waals surface area contributed by atoms with Crippen LogP contribution in [0, 0.1) is 0 Å². The van der Waals surface area contributed by atoms with Crippen molar-refractivity contribution in [2.45, 2.75) is 6.10 Å². The zero-order chi connectivity index (χ0) is 17.9. The molecule has 0 spiro atoms. The number of methoxy groups -OCH3 is 1. The van der Waals surface area contributed by atoms with Gasteiger partial charge in [-0.3, -0.25) is 5.43 Å². The summed E-state index contributed by atoms with van der Waals surface area (Å²) in [5, 5.41) is 1.18. The van der Waals surface area contributed by atoms with Crippen molar-refractivity contribution in [3.8, 4) is 5.75 Å². The summed E-state index contributed by atoms with van der Waals surface area (Å²) in [7, 11) is 1.48. The number of ether oxygens (including phenoxy) is 2. The molecule has 9 heteroatoms. The molecular weight excluding hydrogens is 398 g/mol. The maximum absolute atomic E-state index is 11.7. The first-order chi connectivity index (χ1) is 11.4. The average molecular weight is 410 g/mol. The number of nitrogens with two attached hydrogens (primary N) is 1. The number of halogens is 4. The molecule has 3 N–H and O–H groups in total. The fraction of sp³-hybridized carbons (Fsp3) is 0.133. The van der Waals surface area contributed by atoms with Crippen LogP contribution in [0.5, 0.6) is 5.75 Å². The maximum atomic E-state index is 11.7. The Labute approximate surface area is 158 Å². The molecule has 2 aromatic rings. The van der Waals surface area contributed by atoms with E-state index in [1.807, 2.05) is 5.43 Å². The van der Waals surface area contributed by atoms with Gasteiger partial charge in [0.05, 0.1) is 17.2 Å². The molecule has 0 aliphatic heterocycles. The number of amides is 1. The van der Waals surface area contributed by atoms with Gasteiger partial charge in [-0.2, -0.15) is 0 Å². The van der Waals surface area contributed by atoms with Gasteiger partial charge < -0.3 is 9.47 Å². The van der Waals surface area contributed by atoms with E-state index in [1.54, 1.807) is 24.3 Å². The van der Waals surface area contributed by atoms with Crippen molar-refractivity contribution in [1.82, 2.24) is 5.43 Å². The van der Waals surface area contributed by atoms with Crippen LogP contribution in [-0.2, 0) is 4.74 Å². The van der Waals surface area contributed by atoms with Gasteiger partial charge in [0.25, 0.3) is 0 Å². The minimum absolute atomic E-state index is 0.236. The third-order valence-electron chi connectivity index (χ3n) is 3.14. The van der Waals surface area contributed by atoms with Crippen LogP contribution in [0.1, 0.15) is 17.2 Å². The largest absolute Gasteiger partial charge is 0.497 e. The highest BCUT2D eigenvalue weighted by Gasteiger charge is 2.27. The van der Waals surface area contributed by atoms with Crippen molar-refractivity contribution < 1.29 is 14.3 Å². The highest BCUT2D eigenvalue weighted by Crippen LogP contribution is 2.41. The molecule has 0 heterocycles. The van der Waals surface area contributed by atoms with Crippen LogP contribution in [-0.4, -0.2) is 13.2 Å². The number of hydrazine groups is 1. The molecule has 2 rings (SSSR count). The quantitative estimate of drug-likeness (QED) is 0.423. The van der Waals surface area contributed by atoms with Gasteiger partial charge in [0, 0.05) is 21.2 Å². The zero-order valence-electron chi connectivity index (χ0n) is 12.3. The van der Waals surface area contributed by atoms with E-state index >= 15 is 0 Å². The number of nitrogens with one attached hydrogen (secondary N) is 1. The van der Waals surface area contributed by atoms with E-state index in [0.29, 0.717) is 21.9 Å². The second-order valence-electron chi connectivity index (χ2n) is 4.60. The summed E-state index contributed by atoms with van der Waals surface area (Å²) in [4.78, 5) is 11.7. The third-order valence-corrected chi connectivity index (χ3v) is 4.33. The second-order valence-corrected chi connectivity index (χ2v) is 6.26. The average Bonchev–Trinajstić information content (AvgIpc) is 2.53. The Hall–Kier alpha value is -1.37. The van der Waals surface area contributed by atoms with Gasteiger partial charge in [-0.05, 0) is 24.3 Å². The van der Waals surface area contributed by atoms with Crippen LogP contribution in [0.15, 0.2) is 30.3 Å². The smallest absolute Gasteiger partial charge is 0.422 e. The summed E-state index contributed by atoms with van der Waals surface area (Å²) < 4.78 is 10.4. The van der Waals surface area contributed by atoms with Crippen molar-refractivity contribution in [2.24, 2.45) is 5.84 Å². The lowest BCUT2D eigenvalue weighted by Crippen LogP contribution is -2.32. The molecular formula is C15H12Cl4N2O3. The highest BCUT2D eigenvalue weighted by atomic mass is 35.5. The predicted octanol–water partition coefficient (Wildman–Crippen LogP) is 5.00. The Balaban J connectivity index is 2.61. The number of hydrogen-bond donors (Lipinski definition) is 2. The van der Waals surface area contributed by atoms with Crippen molar-refractivity contribution >= 4 is 52.5 Å². The molecule has 24 heavy (non-hydrogen) atoms. The van der Waals surface area contributed by atoms with Gasteiger partial charge in [0.2, 0.25) is 0 Å². The fourth-order valence-corrected chi connectivity index (χ4v) is 3.24. The Kier molecular flexibility index (Phi) is 6.43. The summed E-state index contributed by atoms with van der Waals surface area (Å²) in [6.45, 7) is 0. The van der Waals surface area contributed by atoms with Gasteiger partial charge >= 0.3 is 6.09 Å². The molecule has 0 fully saturated rings. The first kappa shape index (κ1) is 19.0. The van der Waals surface area contributed by atoms with E-state index < -0.39 is 12.2 Å². The number of rotatable bonds is 4. The topological polar surface area (TPSA) is 73.6 Å². The lowest BCUT2D eigenvalue weighted by molar-refractivity contribution is 0.117. The minimum atomic E-state index is -0.996. The molecule has 2 aromatic carbocycles. The monoisotopic (exact) mass is 408 g/mol. The summed E-state index contributed by atoms with van der Waals surface area (Å²) in [5.41, 5.74) is 2.67. The van der Waals surface area contributed by atoms with Crippen LogP contribution in [0.25, 0.3) is 0 Å². The molecule has 0 aliphatic carbocycles. The van der Waals surface area contributed by atoms with E-state index in [0.717, 1.165) is 0 Å². The molecule has 0 bridgehead atoms. The van der Waals surface area contributed by atoms with Crippen LogP contribution >= 0.6 is 46.4 Å². The van der Waals surface area contributed by atoms with Crippen LogP contribution < -0.4 is 16.0 Å². The standard InChI is InChI=1S/C15H12Cl4N2O3/c1-23-8-5-11(18)13(12(19)6-8)14(24-15(22)21-20)9-3-2-7(16)4-10(9)17/h2-6,14H,20H2,1H3,(H,21,22)/t14-/m1/s1. The molecule has 128 valence electrons. The summed E-state index contributed by atoms with van der Waals surface area (Å²) in [6, 6.07) is 7.81. The van der Waals surface area contributed by atoms with Gasteiger partial charge in [0.15, 0.2) is 6.10 Å². The molecule has 0 aliphatic rings. The molecule has 0 radical (unpaired) electrons. The highest BCUT2D eigenvalue weighted by molar-refractivity contribution is 6.37. The van der Waals surface area contributed by atoms with Gasteiger partial charge in [-0.1, -0.05) is 52.5 Å². The van der Waals surface area contributed by atoms with Gasteiger partial charge in [-0.15, -0.1) is 0 Å². The summed E-state index contributed by atoms with van der Waals surface area (Å²) in [5.74, 6) is 5.55. The van der Waals surface area contributed by atoms with E-state index in [2.05, 4.69) is 0 Å². The predicted molar refractivity (Wildman–Crippen MR) is 95.1 cm³/mol. The number of benzene rings is 2. The van der Waals surface area contributed by atoms with Gasteiger partial charge in [-0.25, -0.2) is 10.6 Å². The number of carbonyl (C=O) groups excluding carboxylic acids is 1. The number of hydrogen-bond acceptors (Lipinski definition) is 4. The summed E-state index contributed by atoms with van der Waals surface area (Å²) in [6.07, 6.45) is -1.88. The molecule has 5 nitrogen and oxygen atoms in total. The molecule has 0 unspecified atom stereocenters. The molecule has 0 aromatic heterocycles. The SMILES string of the molecule is COc1cc(Cl)c([C@H](OC(=O)NN)c2ccc(Cl)cc2Cl)c(Cl)c1. The van der Waals surface area contributed by atoms with Gasteiger partial charge in [0.1, 0.15) is 5.75 Å². The number of carbonyl (C=O) groups is 1. The van der Waals surface area contributed by atoms with E-state index in [1.165, 1.54) is 13.2 Å².